The second-order valence-corrected chi connectivity index (χ2v) is 6.04. The number of anilines is 2. The van der Waals surface area contributed by atoms with Crippen LogP contribution in [0.5, 0.6) is 0 Å². The van der Waals surface area contributed by atoms with Gasteiger partial charge in [-0.3, -0.25) is 9.52 Å². The van der Waals surface area contributed by atoms with Crippen LogP contribution < -0.4 is 15.4 Å². The third kappa shape index (κ3) is 8.13. The van der Waals surface area contributed by atoms with Crippen molar-refractivity contribution >= 4 is 39.7 Å². The summed E-state index contributed by atoms with van der Waals surface area (Å²) >= 11 is 0. The number of halogens is 2. The Hall–Kier alpha value is -1.42. The maximum absolute atomic E-state index is 13.5. The van der Waals surface area contributed by atoms with E-state index in [4.69, 9.17) is 4.74 Å². The number of ether oxygens (including phenoxy) is 1. The Labute approximate surface area is 135 Å². The minimum atomic E-state index is -3.59. The number of sulfonamides is 1. The molecule has 0 aliphatic rings. The van der Waals surface area contributed by atoms with Crippen LogP contribution in [0.4, 0.5) is 15.8 Å². The van der Waals surface area contributed by atoms with E-state index in [1.807, 2.05) is 4.72 Å². The Bertz CT molecular complexity index is 598. The normalized spacial score (nSPS) is 10.7. The molecule has 126 valence electrons. The van der Waals surface area contributed by atoms with E-state index in [0.717, 1.165) is 12.3 Å². The highest BCUT2D eigenvalue weighted by Gasteiger charge is 2.10. The number of nitrogens with one attached hydrogen (secondary N) is 3. The summed E-state index contributed by atoms with van der Waals surface area (Å²) in [6.07, 6.45) is 0.914. The lowest BCUT2D eigenvalue weighted by molar-refractivity contribution is -0.115. The van der Waals surface area contributed by atoms with Crippen LogP contribution in [0, 0.1) is 5.82 Å². The Morgan fingerprint density at radius 3 is 2.64 bits per heavy atom. The van der Waals surface area contributed by atoms with E-state index >= 15 is 0 Å². The summed E-state index contributed by atoms with van der Waals surface area (Å²) < 4.78 is 42.5. The van der Waals surface area contributed by atoms with Gasteiger partial charge in [0.15, 0.2) is 0 Å². The summed E-state index contributed by atoms with van der Waals surface area (Å²) in [4.78, 5) is 11.6. The molecule has 0 saturated carbocycles. The van der Waals surface area contributed by atoms with Crippen LogP contribution >= 0.6 is 12.4 Å². The third-order valence-electron chi connectivity index (χ3n) is 2.31. The van der Waals surface area contributed by atoms with E-state index in [0.29, 0.717) is 18.8 Å². The van der Waals surface area contributed by atoms with Crippen molar-refractivity contribution in [1.82, 2.24) is 5.32 Å². The fourth-order valence-corrected chi connectivity index (χ4v) is 2.02. The number of benzene rings is 1. The molecule has 7 nitrogen and oxygen atoms in total. The Morgan fingerprint density at radius 2 is 2.05 bits per heavy atom. The van der Waals surface area contributed by atoms with Crippen molar-refractivity contribution in [1.29, 1.82) is 0 Å². The smallest absolute Gasteiger partial charge is 0.238 e. The van der Waals surface area contributed by atoms with Gasteiger partial charge in [-0.2, -0.15) is 0 Å². The van der Waals surface area contributed by atoms with Gasteiger partial charge in [0.1, 0.15) is 5.82 Å². The first-order chi connectivity index (χ1) is 9.81. The van der Waals surface area contributed by atoms with E-state index in [2.05, 4.69) is 10.6 Å². The summed E-state index contributed by atoms with van der Waals surface area (Å²) in [5, 5.41) is 5.38. The van der Waals surface area contributed by atoms with Gasteiger partial charge in [-0.1, -0.05) is 0 Å². The maximum atomic E-state index is 13.5. The van der Waals surface area contributed by atoms with Crippen molar-refractivity contribution in [2.45, 2.75) is 0 Å². The second kappa shape index (κ2) is 9.57. The number of carbonyl (C=O) groups is 1. The SMILES string of the molecule is COCCNCC(=O)Nc1ccc(F)c(NS(C)(=O)=O)c1.Cl. The Balaban J connectivity index is 0.00000441. The fourth-order valence-electron chi connectivity index (χ4n) is 1.46. The van der Waals surface area contributed by atoms with Gasteiger partial charge < -0.3 is 15.4 Å². The first-order valence-corrected chi connectivity index (χ1v) is 7.98. The molecule has 0 aromatic heterocycles. The van der Waals surface area contributed by atoms with Crippen molar-refractivity contribution in [3.05, 3.63) is 24.0 Å². The number of hydrogen-bond donors (Lipinski definition) is 3. The minimum Gasteiger partial charge on any atom is -0.383 e. The molecule has 1 aromatic rings. The first-order valence-electron chi connectivity index (χ1n) is 6.08. The van der Waals surface area contributed by atoms with Gasteiger partial charge in [0.25, 0.3) is 0 Å². The molecule has 1 amide bonds. The molecule has 0 heterocycles. The van der Waals surface area contributed by atoms with Crippen molar-refractivity contribution in [3.8, 4) is 0 Å². The van der Waals surface area contributed by atoms with Crippen LogP contribution in [0.2, 0.25) is 0 Å². The van der Waals surface area contributed by atoms with E-state index in [-0.39, 0.29) is 30.5 Å². The fraction of sp³-hybridized carbons (Fsp3) is 0.417. The third-order valence-corrected chi connectivity index (χ3v) is 2.90. The molecule has 0 aliphatic heterocycles. The largest absolute Gasteiger partial charge is 0.383 e. The van der Waals surface area contributed by atoms with Gasteiger partial charge >= 0.3 is 0 Å². The summed E-state index contributed by atoms with van der Waals surface area (Å²) in [6, 6.07) is 3.63. The second-order valence-electron chi connectivity index (χ2n) is 4.29. The van der Waals surface area contributed by atoms with Crippen LogP contribution in [0.25, 0.3) is 0 Å². The molecule has 0 bridgehead atoms. The molecule has 0 spiro atoms. The van der Waals surface area contributed by atoms with Crippen molar-refractivity contribution in [3.63, 3.8) is 0 Å². The van der Waals surface area contributed by atoms with Gasteiger partial charge in [-0.15, -0.1) is 12.4 Å². The van der Waals surface area contributed by atoms with E-state index < -0.39 is 15.8 Å². The number of methoxy groups -OCH3 is 1. The highest BCUT2D eigenvalue weighted by atomic mass is 35.5. The van der Waals surface area contributed by atoms with E-state index in [9.17, 15) is 17.6 Å². The zero-order chi connectivity index (χ0) is 15.9. The highest BCUT2D eigenvalue weighted by Crippen LogP contribution is 2.20. The van der Waals surface area contributed by atoms with Crippen molar-refractivity contribution in [2.75, 3.05) is 43.1 Å². The van der Waals surface area contributed by atoms with Crippen molar-refractivity contribution in [2.24, 2.45) is 0 Å². The van der Waals surface area contributed by atoms with Crippen LogP contribution in [0.1, 0.15) is 0 Å². The van der Waals surface area contributed by atoms with Crippen molar-refractivity contribution < 1.29 is 22.3 Å². The molecule has 3 N–H and O–H groups in total. The summed E-state index contributed by atoms with van der Waals surface area (Å²) in [7, 11) is -2.04. The molecule has 22 heavy (non-hydrogen) atoms. The summed E-state index contributed by atoms with van der Waals surface area (Å²) in [5.41, 5.74) is 0.0729. The van der Waals surface area contributed by atoms with Crippen LogP contribution in [0.15, 0.2) is 18.2 Å². The van der Waals surface area contributed by atoms with Crippen LogP contribution in [-0.4, -0.2) is 47.4 Å². The first kappa shape index (κ1) is 20.6. The quantitative estimate of drug-likeness (QED) is 0.599. The molecule has 0 fully saturated rings. The molecule has 1 rings (SSSR count). The van der Waals surface area contributed by atoms with E-state index in [1.54, 1.807) is 7.11 Å². The molecular formula is C12H19ClFN3O4S. The number of amides is 1. The number of carbonyl (C=O) groups excluding carboxylic acids is 1. The summed E-state index contributed by atoms with van der Waals surface area (Å²) in [6.45, 7) is 1.07. The molecule has 10 heteroatoms. The number of rotatable bonds is 8. The molecule has 0 saturated heterocycles. The maximum Gasteiger partial charge on any atom is 0.238 e. The molecule has 0 radical (unpaired) electrons. The molecule has 0 atom stereocenters. The molecular weight excluding hydrogens is 337 g/mol. The topological polar surface area (TPSA) is 96.5 Å². The summed E-state index contributed by atoms with van der Waals surface area (Å²) in [5.74, 6) is -1.06. The molecule has 0 aliphatic carbocycles. The highest BCUT2D eigenvalue weighted by molar-refractivity contribution is 7.92. The monoisotopic (exact) mass is 355 g/mol. The van der Waals surface area contributed by atoms with Gasteiger partial charge in [-0.05, 0) is 18.2 Å². The Kier molecular flexibility index (Phi) is 8.95. The van der Waals surface area contributed by atoms with Crippen LogP contribution in [-0.2, 0) is 19.6 Å². The van der Waals surface area contributed by atoms with Gasteiger partial charge in [0.2, 0.25) is 15.9 Å². The predicted molar refractivity (Wildman–Crippen MR) is 85.5 cm³/mol. The van der Waals surface area contributed by atoms with Gasteiger partial charge in [0, 0.05) is 19.3 Å². The molecule has 0 unspecified atom stereocenters. The minimum absolute atomic E-state index is 0. The standard InChI is InChI=1S/C12H18FN3O4S.ClH/c1-20-6-5-14-8-12(17)15-9-3-4-10(13)11(7-9)16-21(2,18)19;/h3-4,7,14,16H,5-6,8H2,1-2H3,(H,15,17);1H. The zero-order valence-electron chi connectivity index (χ0n) is 12.2. The lowest BCUT2D eigenvalue weighted by Crippen LogP contribution is -2.30. The van der Waals surface area contributed by atoms with E-state index in [1.165, 1.54) is 12.1 Å². The lowest BCUT2D eigenvalue weighted by Gasteiger charge is -2.10. The average molecular weight is 356 g/mol. The van der Waals surface area contributed by atoms with Crippen LogP contribution in [0.3, 0.4) is 0 Å². The molecule has 1 aromatic carbocycles. The Morgan fingerprint density at radius 1 is 1.36 bits per heavy atom. The lowest BCUT2D eigenvalue weighted by atomic mass is 10.2. The van der Waals surface area contributed by atoms with Gasteiger partial charge in [0.05, 0.1) is 25.1 Å². The predicted octanol–water partition coefficient (Wildman–Crippen LogP) is 0.793. The van der Waals surface area contributed by atoms with Gasteiger partial charge in [-0.25, -0.2) is 12.8 Å². The number of hydrogen-bond acceptors (Lipinski definition) is 5. The average Bonchev–Trinajstić information content (AvgIpc) is 2.37. The zero-order valence-corrected chi connectivity index (χ0v) is 13.8.